The SMILES string of the molecule is FC(F)(F)Oc1ccc(Cc2nn[nH]n2)cc1. The summed E-state index contributed by atoms with van der Waals surface area (Å²) in [5.41, 5.74) is 0.765. The summed E-state index contributed by atoms with van der Waals surface area (Å²) in [6.45, 7) is 0. The molecule has 17 heavy (non-hydrogen) atoms. The third-order valence-electron chi connectivity index (χ3n) is 1.91. The Morgan fingerprint density at radius 3 is 2.41 bits per heavy atom. The van der Waals surface area contributed by atoms with E-state index in [1.54, 1.807) is 0 Å². The Kier molecular flexibility index (Phi) is 2.94. The number of tetrazole rings is 1. The van der Waals surface area contributed by atoms with Gasteiger partial charge in [0.05, 0.1) is 0 Å². The van der Waals surface area contributed by atoms with Crippen molar-refractivity contribution in [2.75, 3.05) is 0 Å². The molecule has 0 saturated heterocycles. The number of hydrogen-bond acceptors (Lipinski definition) is 4. The number of alkyl halides is 3. The third kappa shape index (κ3) is 3.44. The average molecular weight is 244 g/mol. The number of rotatable bonds is 3. The van der Waals surface area contributed by atoms with Gasteiger partial charge in [-0.2, -0.15) is 5.21 Å². The Balaban J connectivity index is 2.03. The first-order valence-corrected chi connectivity index (χ1v) is 4.60. The minimum absolute atomic E-state index is 0.255. The normalized spacial score (nSPS) is 11.5. The van der Waals surface area contributed by atoms with E-state index in [1.165, 1.54) is 24.3 Å². The van der Waals surface area contributed by atoms with E-state index < -0.39 is 6.36 Å². The number of benzene rings is 1. The van der Waals surface area contributed by atoms with Crippen LogP contribution >= 0.6 is 0 Å². The molecule has 0 unspecified atom stereocenters. The van der Waals surface area contributed by atoms with E-state index in [-0.39, 0.29) is 5.75 Å². The molecule has 0 atom stereocenters. The van der Waals surface area contributed by atoms with Gasteiger partial charge in [0.25, 0.3) is 0 Å². The van der Waals surface area contributed by atoms with E-state index >= 15 is 0 Å². The summed E-state index contributed by atoms with van der Waals surface area (Å²) < 4.78 is 39.4. The van der Waals surface area contributed by atoms with Gasteiger partial charge in [0, 0.05) is 6.42 Å². The van der Waals surface area contributed by atoms with E-state index in [4.69, 9.17) is 0 Å². The van der Waals surface area contributed by atoms with Gasteiger partial charge in [-0.15, -0.1) is 23.4 Å². The molecule has 0 saturated carbocycles. The van der Waals surface area contributed by atoms with E-state index in [1.807, 2.05) is 0 Å². The van der Waals surface area contributed by atoms with Crippen LogP contribution in [-0.2, 0) is 6.42 Å². The fourth-order valence-corrected chi connectivity index (χ4v) is 1.25. The van der Waals surface area contributed by atoms with Gasteiger partial charge in [-0.1, -0.05) is 17.3 Å². The molecule has 0 amide bonds. The van der Waals surface area contributed by atoms with Crippen molar-refractivity contribution in [1.29, 1.82) is 0 Å². The number of nitrogens with one attached hydrogen (secondary N) is 1. The van der Waals surface area contributed by atoms with Gasteiger partial charge < -0.3 is 4.74 Å². The zero-order chi connectivity index (χ0) is 12.3. The molecule has 0 aliphatic heterocycles. The summed E-state index contributed by atoms with van der Waals surface area (Å²) in [5.74, 6) is 0.212. The predicted octanol–water partition coefficient (Wildman–Crippen LogP) is 1.69. The van der Waals surface area contributed by atoms with E-state index in [0.29, 0.717) is 12.2 Å². The van der Waals surface area contributed by atoms with Crippen molar-refractivity contribution in [2.24, 2.45) is 0 Å². The van der Waals surface area contributed by atoms with Crippen molar-refractivity contribution >= 4 is 0 Å². The Morgan fingerprint density at radius 1 is 1.18 bits per heavy atom. The van der Waals surface area contributed by atoms with Gasteiger partial charge in [-0.3, -0.25) is 0 Å². The zero-order valence-corrected chi connectivity index (χ0v) is 8.40. The highest BCUT2D eigenvalue weighted by molar-refractivity contribution is 5.28. The second kappa shape index (κ2) is 4.40. The van der Waals surface area contributed by atoms with Gasteiger partial charge in [0.1, 0.15) is 5.75 Å². The minimum atomic E-state index is -4.67. The van der Waals surface area contributed by atoms with Crippen LogP contribution in [0.3, 0.4) is 0 Å². The van der Waals surface area contributed by atoms with E-state index in [2.05, 4.69) is 25.4 Å². The van der Waals surface area contributed by atoms with Crippen LogP contribution in [0.1, 0.15) is 11.4 Å². The molecular weight excluding hydrogens is 237 g/mol. The monoisotopic (exact) mass is 244 g/mol. The lowest BCUT2D eigenvalue weighted by Gasteiger charge is -2.08. The molecule has 0 radical (unpaired) electrons. The Hall–Kier alpha value is -2.12. The summed E-state index contributed by atoms with van der Waals surface area (Å²) >= 11 is 0. The molecule has 0 spiro atoms. The van der Waals surface area contributed by atoms with Crippen molar-refractivity contribution in [3.05, 3.63) is 35.7 Å². The van der Waals surface area contributed by atoms with Gasteiger partial charge in [0.2, 0.25) is 0 Å². The number of hydrogen-bond donors (Lipinski definition) is 1. The van der Waals surface area contributed by atoms with Gasteiger partial charge in [0.15, 0.2) is 5.82 Å². The lowest BCUT2D eigenvalue weighted by molar-refractivity contribution is -0.274. The van der Waals surface area contributed by atoms with Gasteiger partial charge in [-0.25, -0.2) is 0 Å². The first kappa shape index (κ1) is 11.4. The smallest absolute Gasteiger partial charge is 0.406 e. The summed E-state index contributed by atoms with van der Waals surface area (Å²) in [5, 5.41) is 13.1. The first-order chi connectivity index (χ1) is 8.03. The zero-order valence-electron chi connectivity index (χ0n) is 8.40. The number of ether oxygens (including phenoxy) is 1. The molecule has 1 heterocycles. The van der Waals surface area contributed by atoms with Crippen LogP contribution < -0.4 is 4.74 Å². The van der Waals surface area contributed by atoms with Gasteiger partial charge >= 0.3 is 6.36 Å². The van der Waals surface area contributed by atoms with Crippen LogP contribution in [0.25, 0.3) is 0 Å². The summed E-state index contributed by atoms with van der Waals surface area (Å²) in [7, 11) is 0. The molecule has 0 aliphatic rings. The molecule has 1 aromatic heterocycles. The molecule has 2 aromatic rings. The largest absolute Gasteiger partial charge is 0.573 e. The van der Waals surface area contributed by atoms with E-state index in [0.717, 1.165) is 5.56 Å². The fraction of sp³-hybridized carbons (Fsp3) is 0.222. The number of halogens is 3. The lowest BCUT2D eigenvalue weighted by atomic mass is 10.1. The molecule has 8 heteroatoms. The highest BCUT2D eigenvalue weighted by Crippen LogP contribution is 2.22. The Bertz CT molecular complexity index is 466. The Morgan fingerprint density at radius 2 is 1.88 bits per heavy atom. The van der Waals surface area contributed by atoms with Crippen molar-refractivity contribution in [3.63, 3.8) is 0 Å². The van der Waals surface area contributed by atoms with Crippen LogP contribution in [0.15, 0.2) is 24.3 Å². The fourth-order valence-electron chi connectivity index (χ4n) is 1.25. The molecule has 90 valence electrons. The van der Waals surface area contributed by atoms with Crippen molar-refractivity contribution in [2.45, 2.75) is 12.8 Å². The highest BCUT2D eigenvalue weighted by atomic mass is 19.4. The molecule has 0 bridgehead atoms. The van der Waals surface area contributed by atoms with E-state index in [9.17, 15) is 13.2 Å². The maximum atomic E-state index is 11.9. The number of aromatic nitrogens is 4. The first-order valence-electron chi connectivity index (χ1n) is 4.60. The molecule has 5 nitrogen and oxygen atoms in total. The maximum absolute atomic E-state index is 11.9. The maximum Gasteiger partial charge on any atom is 0.573 e. The topological polar surface area (TPSA) is 63.7 Å². The molecule has 0 fully saturated rings. The molecule has 2 rings (SSSR count). The van der Waals surface area contributed by atoms with Gasteiger partial charge in [-0.05, 0) is 17.7 Å². The number of nitrogens with zero attached hydrogens (tertiary/aromatic N) is 3. The molecule has 1 N–H and O–H groups in total. The second-order valence-electron chi connectivity index (χ2n) is 3.20. The summed E-state index contributed by atoms with van der Waals surface area (Å²) in [4.78, 5) is 0. The molecular formula is C9H7F3N4O. The van der Waals surface area contributed by atoms with Crippen LogP contribution in [0.4, 0.5) is 13.2 Å². The number of aromatic amines is 1. The second-order valence-corrected chi connectivity index (χ2v) is 3.20. The number of H-pyrrole nitrogens is 1. The summed E-state index contributed by atoms with van der Waals surface area (Å²) in [6.07, 6.45) is -4.28. The molecule has 0 aliphatic carbocycles. The standard InChI is InChI=1S/C9H7F3N4O/c10-9(11,12)17-7-3-1-6(2-4-7)5-8-13-15-16-14-8/h1-4H,5H2,(H,13,14,15,16). The van der Waals surface area contributed by atoms with Crippen LogP contribution in [0.2, 0.25) is 0 Å². The van der Waals surface area contributed by atoms with Crippen LogP contribution in [0, 0.1) is 0 Å². The quantitative estimate of drug-likeness (QED) is 0.892. The molecule has 1 aromatic carbocycles. The predicted molar refractivity (Wildman–Crippen MR) is 50.1 cm³/mol. The third-order valence-corrected chi connectivity index (χ3v) is 1.91. The van der Waals surface area contributed by atoms with Crippen molar-refractivity contribution in [1.82, 2.24) is 20.6 Å². The van der Waals surface area contributed by atoms with Crippen LogP contribution in [-0.4, -0.2) is 27.0 Å². The van der Waals surface area contributed by atoms with Crippen LogP contribution in [0.5, 0.6) is 5.75 Å². The minimum Gasteiger partial charge on any atom is -0.406 e. The average Bonchev–Trinajstić information content (AvgIpc) is 2.71. The van der Waals surface area contributed by atoms with Crippen molar-refractivity contribution in [3.8, 4) is 5.75 Å². The Labute approximate surface area is 93.6 Å². The lowest BCUT2D eigenvalue weighted by Crippen LogP contribution is -2.17. The summed E-state index contributed by atoms with van der Waals surface area (Å²) in [6, 6.07) is 5.50. The highest BCUT2D eigenvalue weighted by Gasteiger charge is 2.30. The van der Waals surface area contributed by atoms with Crippen molar-refractivity contribution < 1.29 is 17.9 Å².